The second-order valence-electron chi connectivity index (χ2n) is 10.8. The maximum Gasteiger partial charge on any atom is 0.0139 e. The van der Waals surface area contributed by atoms with E-state index in [0.717, 1.165) is 6.42 Å². The topological polar surface area (TPSA) is 0 Å². The van der Waals surface area contributed by atoms with Crippen LogP contribution in [0.25, 0.3) is 16.7 Å². The van der Waals surface area contributed by atoms with Crippen LogP contribution in [0.15, 0.2) is 77.4 Å². The van der Waals surface area contributed by atoms with Crippen molar-refractivity contribution < 1.29 is 0 Å². The SMILES string of the molecule is CC1=CC2(CCC1)CC(C)(C)CC1=C2C=C(c2cccc(-c3ccc(C)cc3)c2)C1. The van der Waals surface area contributed by atoms with Crippen LogP contribution in [-0.2, 0) is 0 Å². The minimum atomic E-state index is 0.274. The molecule has 0 amide bonds. The van der Waals surface area contributed by atoms with Crippen molar-refractivity contribution in [3.63, 3.8) is 0 Å². The van der Waals surface area contributed by atoms with E-state index in [2.05, 4.69) is 88.4 Å². The van der Waals surface area contributed by atoms with Crippen LogP contribution in [0.3, 0.4) is 0 Å². The maximum atomic E-state index is 2.65. The van der Waals surface area contributed by atoms with Crippen LogP contribution in [0.5, 0.6) is 0 Å². The average molecular weight is 395 g/mol. The Morgan fingerprint density at radius 1 is 0.867 bits per heavy atom. The molecule has 1 atom stereocenters. The second-order valence-corrected chi connectivity index (χ2v) is 10.8. The molecule has 0 radical (unpaired) electrons. The monoisotopic (exact) mass is 394 g/mol. The first-order valence-electron chi connectivity index (χ1n) is 11.6. The summed E-state index contributed by atoms with van der Waals surface area (Å²) < 4.78 is 0. The van der Waals surface area contributed by atoms with Gasteiger partial charge in [0.2, 0.25) is 0 Å². The van der Waals surface area contributed by atoms with Gasteiger partial charge in [-0.15, -0.1) is 0 Å². The fraction of sp³-hybridized carbons (Fsp3) is 0.400. The van der Waals surface area contributed by atoms with Crippen molar-refractivity contribution in [3.8, 4) is 11.1 Å². The first kappa shape index (κ1) is 19.6. The molecular weight excluding hydrogens is 360 g/mol. The summed E-state index contributed by atoms with van der Waals surface area (Å²) in [5.41, 5.74) is 12.5. The Bertz CT molecular complexity index is 1070. The predicted octanol–water partition coefficient (Wildman–Crippen LogP) is 8.68. The molecule has 154 valence electrons. The van der Waals surface area contributed by atoms with Crippen molar-refractivity contribution >= 4 is 5.57 Å². The van der Waals surface area contributed by atoms with Gasteiger partial charge < -0.3 is 0 Å². The highest BCUT2D eigenvalue weighted by Gasteiger charge is 2.45. The van der Waals surface area contributed by atoms with E-state index in [9.17, 15) is 0 Å². The minimum Gasteiger partial charge on any atom is -0.0764 e. The van der Waals surface area contributed by atoms with E-state index < -0.39 is 0 Å². The third kappa shape index (κ3) is 3.51. The molecule has 0 saturated heterocycles. The maximum absolute atomic E-state index is 2.65. The first-order valence-corrected chi connectivity index (χ1v) is 11.6. The largest absolute Gasteiger partial charge is 0.0764 e. The number of fused-ring (bicyclic) bond motifs is 1. The molecule has 0 heteroatoms. The van der Waals surface area contributed by atoms with E-state index in [1.165, 1.54) is 59.9 Å². The molecule has 0 nitrogen and oxygen atoms in total. The fourth-order valence-corrected chi connectivity index (χ4v) is 6.38. The Kier molecular flexibility index (Phi) is 4.65. The summed E-state index contributed by atoms with van der Waals surface area (Å²) in [6.07, 6.45) is 12.8. The second kappa shape index (κ2) is 7.12. The average Bonchev–Trinajstić information content (AvgIpc) is 3.12. The van der Waals surface area contributed by atoms with E-state index >= 15 is 0 Å². The van der Waals surface area contributed by atoms with Gasteiger partial charge in [-0.25, -0.2) is 0 Å². The van der Waals surface area contributed by atoms with E-state index in [4.69, 9.17) is 0 Å². The Morgan fingerprint density at radius 3 is 2.40 bits per heavy atom. The molecule has 3 aliphatic rings. The van der Waals surface area contributed by atoms with Gasteiger partial charge in [0.25, 0.3) is 0 Å². The molecule has 5 rings (SSSR count). The van der Waals surface area contributed by atoms with Crippen molar-refractivity contribution in [2.24, 2.45) is 10.8 Å². The molecule has 30 heavy (non-hydrogen) atoms. The van der Waals surface area contributed by atoms with Gasteiger partial charge in [0.1, 0.15) is 0 Å². The summed E-state index contributed by atoms with van der Waals surface area (Å²) in [4.78, 5) is 0. The zero-order chi connectivity index (χ0) is 20.9. The molecule has 1 unspecified atom stereocenters. The highest BCUT2D eigenvalue weighted by molar-refractivity contribution is 5.79. The molecule has 0 bridgehead atoms. The van der Waals surface area contributed by atoms with Crippen LogP contribution in [0.2, 0.25) is 0 Å². The number of rotatable bonds is 2. The van der Waals surface area contributed by atoms with Crippen molar-refractivity contribution in [3.05, 3.63) is 88.5 Å². The molecule has 0 N–H and O–H groups in total. The summed E-state index contributed by atoms with van der Waals surface area (Å²) in [6, 6.07) is 18.1. The predicted molar refractivity (Wildman–Crippen MR) is 129 cm³/mol. The summed E-state index contributed by atoms with van der Waals surface area (Å²) in [5, 5.41) is 0. The molecule has 0 aliphatic heterocycles. The van der Waals surface area contributed by atoms with Crippen molar-refractivity contribution in [1.29, 1.82) is 0 Å². The van der Waals surface area contributed by atoms with Gasteiger partial charge >= 0.3 is 0 Å². The molecular formula is C30H34. The van der Waals surface area contributed by atoms with Crippen molar-refractivity contribution in [1.82, 2.24) is 0 Å². The molecule has 2 aromatic carbocycles. The van der Waals surface area contributed by atoms with Crippen LogP contribution in [0, 0.1) is 17.8 Å². The minimum absolute atomic E-state index is 0.274. The van der Waals surface area contributed by atoms with Gasteiger partial charge in [-0.05, 0) is 91.7 Å². The molecule has 0 saturated carbocycles. The summed E-state index contributed by atoms with van der Waals surface area (Å²) in [6.45, 7) is 9.45. The Balaban J connectivity index is 1.52. The number of benzene rings is 2. The van der Waals surface area contributed by atoms with E-state index in [0.29, 0.717) is 5.41 Å². The molecule has 0 aromatic heterocycles. The van der Waals surface area contributed by atoms with Gasteiger partial charge in [0.15, 0.2) is 0 Å². The third-order valence-electron chi connectivity index (χ3n) is 7.46. The highest BCUT2D eigenvalue weighted by Crippen LogP contribution is 2.59. The van der Waals surface area contributed by atoms with Crippen molar-refractivity contribution in [2.75, 3.05) is 0 Å². The van der Waals surface area contributed by atoms with E-state index in [-0.39, 0.29) is 5.41 Å². The standard InChI is InChI=1S/C30H34/c1-21-10-12-23(13-11-21)24-8-5-9-25(15-24)26-16-27-19-29(3,4)20-30(28(27)17-26)14-6-7-22(2)18-30/h5,8-13,15,17-18H,6-7,14,16,19-20H2,1-4H3. The number of hydrogen-bond acceptors (Lipinski definition) is 0. The molecule has 3 aliphatic carbocycles. The Morgan fingerprint density at radius 2 is 1.63 bits per heavy atom. The summed E-state index contributed by atoms with van der Waals surface area (Å²) in [5.74, 6) is 0. The van der Waals surface area contributed by atoms with Crippen LogP contribution >= 0.6 is 0 Å². The van der Waals surface area contributed by atoms with Crippen LogP contribution in [0.1, 0.15) is 70.4 Å². The zero-order valence-corrected chi connectivity index (χ0v) is 19.0. The molecule has 1 spiro atoms. The Labute approximate surface area is 182 Å². The smallest absolute Gasteiger partial charge is 0.0139 e. The zero-order valence-electron chi connectivity index (χ0n) is 19.0. The van der Waals surface area contributed by atoms with Crippen LogP contribution in [0.4, 0.5) is 0 Å². The highest BCUT2D eigenvalue weighted by atomic mass is 14.5. The fourth-order valence-electron chi connectivity index (χ4n) is 6.38. The normalized spacial score (nSPS) is 25.2. The van der Waals surface area contributed by atoms with Gasteiger partial charge in [-0.3, -0.25) is 0 Å². The lowest BCUT2D eigenvalue weighted by Gasteiger charge is -2.46. The quantitative estimate of drug-likeness (QED) is 0.447. The lowest BCUT2D eigenvalue weighted by atomic mass is 9.58. The molecule has 0 fully saturated rings. The summed E-state index contributed by atoms with van der Waals surface area (Å²) >= 11 is 0. The van der Waals surface area contributed by atoms with E-state index in [1.807, 2.05) is 0 Å². The van der Waals surface area contributed by atoms with Crippen LogP contribution in [-0.4, -0.2) is 0 Å². The number of hydrogen-bond donors (Lipinski definition) is 0. The third-order valence-corrected chi connectivity index (χ3v) is 7.46. The molecule has 0 heterocycles. The van der Waals surface area contributed by atoms with Gasteiger partial charge in [0, 0.05) is 5.41 Å². The van der Waals surface area contributed by atoms with Gasteiger partial charge in [-0.1, -0.05) is 85.2 Å². The van der Waals surface area contributed by atoms with Gasteiger partial charge in [-0.2, -0.15) is 0 Å². The first-order chi connectivity index (χ1) is 14.3. The van der Waals surface area contributed by atoms with Crippen molar-refractivity contribution in [2.45, 2.75) is 66.2 Å². The lowest BCUT2D eigenvalue weighted by molar-refractivity contribution is 0.195. The Hall–Kier alpha value is -2.34. The molecule has 2 aromatic rings. The number of aryl methyl sites for hydroxylation is 1. The lowest BCUT2D eigenvalue weighted by Crippen LogP contribution is -2.34. The summed E-state index contributed by atoms with van der Waals surface area (Å²) in [7, 11) is 0. The number of allylic oxidation sites excluding steroid dienone is 6. The van der Waals surface area contributed by atoms with E-state index in [1.54, 1.807) is 16.7 Å². The van der Waals surface area contributed by atoms with Gasteiger partial charge in [0.05, 0.1) is 0 Å². The van der Waals surface area contributed by atoms with Crippen LogP contribution < -0.4 is 0 Å².